The third kappa shape index (κ3) is 3.35. The van der Waals surface area contributed by atoms with Crippen LogP contribution in [-0.2, 0) is 0 Å². The van der Waals surface area contributed by atoms with Crippen molar-refractivity contribution in [1.82, 2.24) is 15.3 Å². The lowest BCUT2D eigenvalue weighted by Crippen LogP contribution is -2.23. The molecule has 0 aliphatic carbocycles. The molecular weight excluding hydrogens is 241 g/mol. The number of halogens is 1. The van der Waals surface area contributed by atoms with Crippen LogP contribution in [0.5, 0.6) is 0 Å². The van der Waals surface area contributed by atoms with Gasteiger partial charge in [0, 0.05) is 18.0 Å². The molecule has 1 unspecified atom stereocenters. The zero-order valence-corrected chi connectivity index (χ0v) is 11.2. The predicted molar refractivity (Wildman–Crippen MR) is 73.3 cm³/mol. The lowest BCUT2D eigenvalue weighted by Gasteiger charge is -2.19. The van der Waals surface area contributed by atoms with Gasteiger partial charge in [-0.1, -0.05) is 19.1 Å². The van der Waals surface area contributed by atoms with Crippen molar-refractivity contribution in [2.75, 3.05) is 6.54 Å². The molecule has 0 amide bonds. The number of rotatable bonds is 5. The number of aryl methyl sites for hydroxylation is 1. The Hall–Kier alpha value is -1.81. The van der Waals surface area contributed by atoms with E-state index >= 15 is 0 Å². The Labute approximate surface area is 112 Å². The maximum absolute atomic E-state index is 13.7. The van der Waals surface area contributed by atoms with Gasteiger partial charge in [0.25, 0.3) is 0 Å². The highest BCUT2D eigenvalue weighted by molar-refractivity contribution is 5.32. The van der Waals surface area contributed by atoms with Crippen molar-refractivity contribution in [3.8, 4) is 0 Å². The molecule has 0 aliphatic heterocycles. The summed E-state index contributed by atoms with van der Waals surface area (Å²) in [6, 6.07) is 5.25. The van der Waals surface area contributed by atoms with Gasteiger partial charge in [0.1, 0.15) is 12.1 Å². The van der Waals surface area contributed by atoms with Crippen LogP contribution in [0.3, 0.4) is 0 Å². The Kier molecular flexibility index (Phi) is 4.58. The average molecular weight is 259 g/mol. The van der Waals surface area contributed by atoms with E-state index in [9.17, 15) is 4.39 Å². The number of benzene rings is 1. The minimum absolute atomic E-state index is 0.0729. The molecule has 1 atom stereocenters. The molecule has 1 aromatic carbocycles. The van der Waals surface area contributed by atoms with Gasteiger partial charge in [0.2, 0.25) is 0 Å². The van der Waals surface area contributed by atoms with E-state index in [-0.39, 0.29) is 11.9 Å². The summed E-state index contributed by atoms with van der Waals surface area (Å²) in [5, 5.41) is 3.40. The van der Waals surface area contributed by atoms with Crippen molar-refractivity contribution in [1.29, 1.82) is 0 Å². The molecular formula is C15H18FN3. The average Bonchev–Trinajstić information content (AvgIpc) is 2.44. The van der Waals surface area contributed by atoms with E-state index in [0.717, 1.165) is 24.1 Å². The van der Waals surface area contributed by atoms with Gasteiger partial charge in [0.05, 0.1) is 6.04 Å². The summed E-state index contributed by atoms with van der Waals surface area (Å²) in [4.78, 5) is 8.07. The Morgan fingerprint density at radius 3 is 2.58 bits per heavy atom. The molecule has 1 N–H and O–H groups in total. The fraction of sp³-hybridized carbons (Fsp3) is 0.333. The molecule has 0 spiro atoms. The van der Waals surface area contributed by atoms with Gasteiger partial charge in [-0.05, 0) is 37.1 Å². The van der Waals surface area contributed by atoms with Gasteiger partial charge in [0.15, 0.2) is 0 Å². The summed E-state index contributed by atoms with van der Waals surface area (Å²) in [5.41, 5.74) is 2.49. The minimum Gasteiger partial charge on any atom is -0.306 e. The van der Waals surface area contributed by atoms with Gasteiger partial charge < -0.3 is 5.32 Å². The molecule has 0 fully saturated rings. The Morgan fingerprint density at radius 2 is 1.95 bits per heavy atom. The molecule has 0 aliphatic rings. The Balaban J connectivity index is 2.34. The first-order valence-corrected chi connectivity index (χ1v) is 6.46. The molecule has 100 valence electrons. The smallest absolute Gasteiger partial charge is 0.126 e. The molecule has 19 heavy (non-hydrogen) atoms. The number of hydrogen-bond acceptors (Lipinski definition) is 3. The molecule has 1 heterocycles. The van der Waals surface area contributed by atoms with Crippen LogP contribution in [0.1, 0.15) is 36.1 Å². The zero-order chi connectivity index (χ0) is 13.7. The van der Waals surface area contributed by atoms with E-state index in [0.29, 0.717) is 5.56 Å². The molecule has 0 bridgehead atoms. The van der Waals surface area contributed by atoms with Crippen LogP contribution in [0.25, 0.3) is 0 Å². The van der Waals surface area contributed by atoms with E-state index < -0.39 is 0 Å². The van der Waals surface area contributed by atoms with Crippen LogP contribution in [0.4, 0.5) is 4.39 Å². The van der Waals surface area contributed by atoms with Gasteiger partial charge in [-0.3, -0.25) is 0 Å². The number of nitrogens with one attached hydrogen (secondary N) is 1. The van der Waals surface area contributed by atoms with Crippen molar-refractivity contribution < 1.29 is 4.39 Å². The summed E-state index contributed by atoms with van der Waals surface area (Å²) in [6.07, 6.45) is 6.03. The summed E-state index contributed by atoms with van der Waals surface area (Å²) < 4.78 is 13.7. The minimum atomic E-state index is -0.183. The van der Waals surface area contributed by atoms with Crippen LogP contribution < -0.4 is 5.32 Å². The van der Waals surface area contributed by atoms with Crippen molar-refractivity contribution >= 4 is 0 Å². The summed E-state index contributed by atoms with van der Waals surface area (Å²) in [6.45, 7) is 4.72. The highest BCUT2D eigenvalue weighted by Crippen LogP contribution is 2.22. The SMILES string of the molecule is CCCNC(c1cncnc1)c1ccc(C)c(F)c1. The van der Waals surface area contributed by atoms with Crippen LogP contribution in [0, 0.1) is 12.7 Å². The fourth-order valence-corrected chi connectivity index (χ4v) is 1.97. The largest absolute Gasteiger partial charge is 0.306 e. The second kappa shape index (κ2) is 6.38. The first-order chi connectivity index (χ1) is 9.22. The third-order valence-electron chi connectivity index (χ3n) is 3.04. The third-order valence-corrected chi connectivity index (χ3v) is 3.04. The van der Waals surface area contributed by atoms with E-state index in [1.54, 1.807) is 31.5 Å². The van der Waals surface area contributed by atoms with Gasteiger partial charge >= 0.3 is 0 Å². The summed E-state index contributed by atoms with van der Waals surface area (Å²) in [5.74, 6) is -0.183. The topological polar surface area (TPSA) is 37.8 Å². The first-order valence-electron chi connectivity index (χ1n) is 6.46. The van der Waals surface area contributed by atoms with Gasteiger partial charge in [-0.15, -0.1) is 0 Å². The van der Waals surface area contributed by atoms with Gasteiger partial charge in [-0.2, -0.15) is 0 Å². The molecule has 2 rings (SSSR count). The predicted octanol–water partition coefficient (Wildman–Crippen LogP) is 3.01. The Morgan fingerprint density at radius 1 is 1.21 bits per heavy atom. The monoisotopic (exact) mass is 259 g/mol. The number of hydrogen-bond donors (Lipinski definition) is 1. The number of nitrogens with zero attached hydrogens (tertiary/aromatic N) is 2. The fourth-order valence-electron chi connectivity index (χ4n) is 1.97. The quantitative estimate of drug-likeness (QED) is 0.897. The molecule has 0 radical (unpaired) electrons. The second-order valence-corrected chi connectivity index (χ2v) is 4.57. The highest BCUT2D eigenvalue weighted by Gasteiger charge is 2.15. The lowest BCUT2D eigenvalue weighted by atomic mass is 9.99. The summed E-state index contributed by atoms with van der Waals surface area (Å²) >= 11 is 0. The van der Waals surface area contributed by atoms with E-state index in [2.05, 4.69) is 22.2 Å². The maximum Gasteiger partial charge on any atom is 0.126 e. The maximum atomic E-state index is 13.7. The summed E-state index contributed by atoms with van der Waals surface area (Å²) in [7, 11) is 0. The van der Waals surface area contributed by atoms with E-state index in [1.807, 2.05) is 6.07 Å². The normalized spacial score (nSPS) is 12.4. The van der Waals surface area contributed by atoms with Crippen LogP contribution in [-0.4, -0.2) is 16.5 Å². The molecule has 0 saturated carbocycles. The van der Waals surface area contributed by atoms with Crippen LogP contribution in [0.15, 0.2) is 36.9 Å². The second-order valence-electron chi connectivity index (χ2n) is 4.57. The molecule has 4 heteroatoms. The van der Waals surface area contributed by atoms with Crippen LogP contribution >= 0.6 is 0 Å². The van der Waals surface area contributed by atoms with Crippen molar-refractivity contribution in [3.63, 3.8) is 0 Å². The van der Waals surface area contributed by atoms with Crippen molar-refractivity contribution in [2.24, 2.45) is 0 Å². The Bertz CT molecular complexity index is 528. The molecule has 2 aromatic rings. The number of aromatic nitrogens is 2. The lowest BCUT2D eigenvalue weighted by molar-refractivity contribution is 0.580. The first kappa shape index (κ1) is 13.6. The highest BCUT2D eigenvalue weighted by atomic mass is 19.1. The van der Waals surface area contributed by atoms with Crippen molar-refractivity contribution in [3.05, 3.63) is 59.4 Å². The zero-order valence-electron chi connectivity index (χ0n) is 11.2. The van der Waals surface area contributed by atoms with Crippen molar-refractivity contribution in [2.45, 2.75) is 26.3 Å². The molecule has 1 aromatic heterocycles. The molecule has 0 saturated heterocycles. The molecule has 3 nitrogen and oxygen atoms in total. The van der Waals surface area contributed by atoms with E-state index in [1.165, 1.54) is 6.33 Å². The standard InChI is InChI=1S/C15H18FN3/c1-3-6-19-15(13-8-17-10-18-9-13)12-5-4-11(2)14(16)7-12/h4-5,7-10,15,19H,3,6H2,1-2H3. The van der Waals surface area contributed by atoms with Crippen LogP contribution in [0.2, 0.25) is 0 Å². The van der Waals surface area contributed by atoms with Gasteiger partial charge in [-0.25, -0.2) is 14.4 Å². The van der Waals surface area contributed by atoms with E-state index in [4.69, 9.17) is 0 Å².